The van der Waals surface area contributed by atoms with Gasteiger partial charge in [-0.15, -0.1) is 0 Å². The summed E-state index contributed by atoms with van der Waals surface area (Å²) in [5.74, 6) is 0. The van der Waals surface area contributed by atoms with Crippen LogP contribution in [0.1, 0.15) is 44.5 Å². The van der Waals surface area contributed by atoms with Gasteiger partial charge in [-0.25, -0.2) is 0 Å². The molecule has 0 aliphatic carbocycles. The summed E-state index contributed by atoms with van der Waals surface area (Å²) in [7, 11) is 0. The Hall–Kier alpha value is -15.3. The van der Waals surface area contributed by atoms with E-state index in [0.29, 0.717) is 45.0 Å². The number of aryl methyl sites for hydroxylation is 4. The number of nitrogens with zero attached hydrogens (tertiary/aromatic N) is 8. The molecule has 0 bridgehead atoms. The highest BCUT2D eigenvalue weighted by Crippen LogP contribution is 2.48. The van der Waals surface area contributed by atoms with Crippen LogP contribution in [0.3, 0.4) is 0 Å². The third kappa shape index (κ3) is 10.6. The lowest BCUT2D eigenvalue weighted by Crippen LogP contribution is -2.05. The van der Waals surface area contributed by atoms with Crippen molar-refractivity contribution in [3.8, 4) is 125 Å². The molecule has 0 aliphatic heterocycles. The molecule has 20 rings (SSSR count). The zero-order chi connectivity index (χ0) is 75.6. The van der Waals surface area contributed by atoms with Crippen LogP contribution < -0.4 is 0 Å². The molecule has 8 nitrogen and oxygen atoms in total. The van der Waals surface area contributed by atoms with Gasteiger partial charge in [0.05, 0.1) is 90.1 Å². The Morgan fingerprint density at radius 3 is 0.911 bits per heavy atom. The van der Waals surface area contributed by atoms with Gasteiger partial charge in [0.2, 0.25) is 0 Å². The Balaban J connectivity index is 0.809. The second-order valence-corrected chi connectivity index (χ2v) is 29.5. The number of hydrogen-bond acceptors (Lipinski definition) is 4. The number of nitriles is 4. The predicted molar refractivity (Wildman–Crippen MR) is 460 cm³/mol. The molecule has 0 saturated heterocycles. The maximum Gasteiger partial charge on any atom is 0.104 e. The van der Waals surface area contributed by atoms with E-state index in [2.05, 4.69) is 349 Å². The van der Waals surface area contributed by atoms with E-state index in [1.54, 1.807) is 0 Å². The Kier molecular flexibility index (Phi) is 15.5. The van der Waals surface area contributed by atoms with Crippen molar-refractivity contribution in [1.29, 1.82) is 21.0 Å². The molecule has 522 valence electrons. The molecule has 0 fully saturated rings. The molecular weight excluding hydrogens is 1360 g/mol. The average molecular weight is 1430 g/mol. The highest BCUT2D eigenvalue weighted by atomic mass is 15.0. The van der Waals surface area contributed by atoms with E-state index in [0.717, 1.165) is 171 Å². The van der Waals surface area contributed by atoms with Gasteiger partial charge in [0.25, 0.3) is 0 Å². The van der Waals surface area contributed by atoms with Crippen LogP contribution in [0, 0.1) is 73.0 Å². The molecule has 0 atom stereocenters. The summed E-state index contributed by atoms with van der Waals surface area (Å²) in [4.78, 5) is 0. The Morgan fingerprint density at radius 2 is 0.482 bits per heavy atom. The molecule has 0 spiro atoms. The molecular formula is C104H66N8. The topological polar surface area (TPSA) is 115 Å². The van der Waals surface area contributed by atoms with Crippen LogP contribution in [0.25, 0.3) is 188 Å². The second-order valence-electron chi connectivity index (χ2n) is 29.5. The standard InChI is InChI=1S/C104H66N8/c1-63-25-32-67(33-26-63)70-40-46-96-88(50-70)84-21-11-14-24-95(84)109(96)101-55-77(79-17-7-5-15-75(79)59-105)56-102(91(101)61-107)110-97-47-41-71(68-34-27-64(2)28-35-68)51-89(97)90-52-73(42-48-98(90)110)87-49-66(4)31-43-81(87)74-39-45-86-83-20-10-13-23-94(83)112(100(86)54-74)104-58-78(80-18-8-6-16-76(80)60-106)57-103(92(104)62-108)111-93-22-12-9-19-82(93)85-44-38-72(53-99(85)111)69-36-29-65(3)30-37-69/h5-58H,1-4H3. The first kappa shape index (κ1) is 66.1. The average Bonchev–Trinajstić information content (AvgIpc) is 1.58. The molecule has 0 saturated carbocycles. The summed E-state index contributed by atoms with van der Waals surface area (Å²) in [6, 6.07) is 126. The van der Waals surface area contributed by atoms with Crippen LogP contribution in [0.2, 0.25) is 0 Å². The Labute approximate surface area is 647 Å². The van der Waals surface area contributed by atoms with Crippen LogP contribution in [-0.4, -0.2) is 18.3 Å². The minimum absolute atomic E-state index is 0.471. The number of benzene rings is 16. The first-order valence-electron chi connectivity index (χ1n) is 37.7. The highest BCUT2D eigenvalue weighted by Gasteiger charge is 2.28. The minimum atomic E-state index is 0.471. The van der Waals surface area contributed by atoms with Crippen molar-refractivity contribution in [3.05, 3.63) is 372 Å². The summed E-state index contributed by atoms with van der Waals surface area (Å²) >= 11 is 0. The van der Waals surface area contributed by atoms with Gasteiger partial charge in [-0.1, -0.05) is 247 Å². The van der Waals surface area contributed by atoms with E-state index >= 15 is 0 Å². The van der Waals surface area contributed by atoms with E-state index in [1.807, 2.05) is 48.5 Å². The lowest BCUT2D eigenvalue weighted by Gasteiger charge is -2.19. The van der Waals surface area contributed by atoms with E-state index in [4.69, 9.17) is 0 Å². The van der Waals surface area contributed by atoms with Crippen LogP contribution >= 0.6 is 0 Å². The maximum absolute atomic E-state index is 12.1. The molecule has 0 amide bonds. The first-order chi connectivity index (χ1) is 55.0. The smallest absolute Gasteiger partial charge is 0.104 e. The fourth-order valence-electron chi connectivity index (χ4n) is 17.4. The lowest BCUT2D eigenvalue weighted by atomic mass is 9.91. The summed E-state index contributed by atoms with van der Waals surface area (Å²) < 4.78 is 9.02. The van der Waals surface area contributed by atoms with Gasteiger partial charge in [-0.3, -0.25) is 0 Å². The van der Waals surface area contributed by atoms with Crippen LogP contribution in [0.15, 0.2) is 328 Å². The number of para-hydroxylation sites is 3. The Morgan fingerprint density at radius 1 is 0.188 bits per heavy atom. The third-order valence-electron chi connectivity index (χ3n) is 22.8. The van der Waals surface area contributed by atoms with Crippen molar-refractivity contribution in [2.75, 3.05) is 0 Å². The van der Waals surface area contributed by atoms with Gasteiger partial charge >= 0.3 is 0 Å². The number of hydrogen-bond donors (Lipinski definition) is 0. The van der Waals surface area contributed by atoms with Gasteiger partial charge < -0.3 is 18.3 Å². The molecule has 0 unspecified atom stereocenters. The molecule has 0 N–H and O–H groups in total. The molecule has 8 heteroatoms. The van der Waals surface area contributed by atoms with Gasteiger partial charge in [-0.05, 0) is 209 Å². The summed E-state index contributed by atoms with van der Waals surface area (Å²) in [5, 5.41) is 54.3. The molecule has 4 heterocycles. The van der Waals surface area contributed by atoms with Crippen molar-refractivity contribution in [3.63, 3.8) is 0 Å². The predicted octanol–water partition coefficient (Wildman–Crippen LogP) is 26.5. The molecule has 112 heavy (non-hydrogen) atoms. The summed E-state index contributed by atoms with van der Waals surface area (Å²) in [6.07, 6.45) is 0. The van der Waals surface area contributed by atoms with E-state index in [1.165, 1.54) is 16.7 Å². The van der Waals surface area contributed by atoms with Crippen LogP contribution in [0.5, 0.6) is 0 Å². The molecule has 20 aromatic rings. The van der Waals surface area contributed by atoms with Gasteiger partial charge in [0.1, 0.15) is 23.3 Å². The van der Waals surface area contributed by atoms with Crippen molar-refractivity contribution in [2.45, 2.75) is 27.7 Å². The number of aromatic nitrogens is 4. The minimum Gasteiger partial charge on any atom is -0.308 e. The van der Waals surface area contributed by atoms with Crippen molar-refractivity contribution in [2.24, 2.45) is 0 Å². The number of rotatable bonds is 11. The van der Waals surface area contributed by atoms with Crippen molar-refractivity contribution < 1.29 is 0 Å². The third-order valence-corrected chi connectivity index (χ3v) is 22.8. The van der Waals surface area contributed by atoms with Gasteiger partial charge in [0.15, 0.2) is 0 Å². The van der Waals surface area contributed by atoms with Crippen molar-refractivity contribution in [1.82, 2.24) is 18.3 Å². The monoisotopic (exact) mass is 1430 g/mol. The Bertz CT molecular complexity index is 7570. The lowest BCUT2D eigenvalue weighted by molar-refractivity contribution is 1.12. The van der Waals surface area contributed by atoms with Crippen LogP contribution in [0.4, 0.5) is 0 Å². The van der Waals surface area contributed by atoms with Crippen LogP contribution in [-0.2, 0) is 0 Å². The SMILES string of the molecule is Cc1ccc(-c2ccc3c(c2)c2ccccc2n3-c2cc(-c3ccccc3C#N)cc(-n3c4ccc(-c5ccc(C)cc5)cc4c4cc(-c5cc(C)ccc5-c5ccc6c7ccccc7n(-c7cc(-c8ccccc8C#N)cc(-n8c9ccccc9c9ccc(-c%10ccc(C)cc%10)cc98)c7C#N)c6c5)ccc43)c2C#N)cc1. The largest absolute Gasteiger partial charge is 0.308 e. The van der Waals surface area contributed by atoms with E-state index in [-0.39, 0.29) is 0 Å². The van der Waals surface area contributed by atoms with Gasteiger partial charge in [0, 0.05) is 43.1 Å². The quantitative estimate of drug-likeness (QED) is 0.128. The molecule has 0 aliphatic rings. The zero-order valence-electron chi connectivity index (χ0n) is 61.8. The fraction of sp³-hybridized carbons (Fsp3) is 0.0385. The fourth-order valence-corrected chi connectivity index (χ4v) is 17.4. The second kappa shape index (κ2) is 26.3. The highest BCUT2D eigenvalue weighted by molar-refractivity contribution is 6.16. The van der Waals surface area contributed by atoms with Crippen molar-refractivity contribution >= 4 is 87.2 Å². The first-order valence-corrected chi connectivity index (χ1v) is 37.7. The summed E-state index contributed by atoms with van der Waals surface area (Å²) in [6.45, 7) is 8.46. The molecule has 16 aromatic carbocycles. The zero-order valence-corrected chi connectivity index (χ0v) is 61.8. The van der Waals surface area contributed by atoms with E-state index < -0.39 is 0 Å². The molecule has 4 aromatic heterocycles. The number of fused-ring (bicyclic) bond motifs is 12. The van der Waals surface area contributed by atoms with E-state index in [9.17, 15) is 21.0 Å². The summed E-state index contributed by atoms with van der Waals surface area (Å²) in [5.41, 5.74) is 30.4. The maximum atomic E-state index is 12.1. The van der Waals surface area contributed by atoms with Gasteiger partial charge in [-0.2, -0.15) is 21.0 Å². The normalized spacial score (nSPS) is 11.5. The molecule has 0 radical (unpaired) electrons.